The first-order chi connectivity index (χ1) is 4.93. The topological polar surface area (TPSA) is 0 Å². The zero-order valence-electron chi connectivity index (χ0n) is 6.34. The molecule has 0 bridgehead atoms. The molecule has 0 aliphatic heterocycles. The Hall–Kier alpha value is -0.700. The smallest absolute Gasteiger partial charge is 0.0203 e. The fourth-order valence-electron chi connectivity index (χ4n) is 1.33. The van der Waals surface area contributed by atoms with Gasteiger partial charge >= 0.3 is 0 Å². The van der Waals surface area contributed by atoms with Crippen molar-refractivity contribution in [2.24, 2.45) is 5.92 Å². The van der Waals surface area contributed by atoms with Crippen LogP contribution in [0.5, 0.6) is 0 Å². The molecular formula is C10H14. The summed E-state index contributed by atoms with van der Waals surface area (Å²) in [4.78, 5) is 0. The molecule has 10 heavy (non-hydrogen) atoms. The van der Waals surface area contributed by atoms with Crippen molar-refractivity contribution in [1.82, 2.24) is 0 Å². The van der Waals surface area contributed by atoms with E-state index < -0.39 is 0 Å². The Kier molecular flexibility index (Phi) is 3.09. The summed E-state index contributed by atoms with van der Waals surface area (Å²) in [6, 6.07) is 0. The van der Waals surface area contributed by atoms with Gasteiger partial charge in [0.05, 0.1) is 0 Å². The van der Waals surface area contributed by atoms with Crippen LogP contribution in [0.2, 0.25) is 0 Å². The summed E-state index contributed by atoms with van der Waals surface area (Å²) >= 11 is 0. The second kappa shape index (κ2) is 4.17. The van der Waals surface area contributed by atoms with Gasteiger partial charge in [0.2, 0.25) is 0 Å². The Morgan fingerprint density at radius 2 is 2.00 bits per heavy atom. The first-order valence-electron chi connectivity index (χ1n) is 4.04. The molecular weight excluding hydrogens is 120 g/mol. The standard InChI is InChI=1S/C10H14/c1-2-10-8-6-4-3-5-7-9-10/h1,3-4,10H,5-9H2/b4-3-. The van der Waals surface area contributed by atoms with E-state index in [0.717, 1.165) is 0 Å². The molecule has 0 heterocycles. The summed E-state index contributed by atoms with van der Waals surface area (Å²) in [6.07, 6.45) is 15.9. The predicted molar refractivity (Wildman–Crippen MR) is 44.5 cm³/mol. The number of hydrogen-bond acceptors (Lipinski definition) is 0. The summed E-state index contributed by atoms with van der Waals surface area (Å²) in [7, 11) is 0. The highest BCUT2D eigenvalue weighted by Crippen LogP contribution is 2.17. The van der Waals surface area contributed by atoms with E-state index in [1.165, 1.54) is 32.1 Å². The van der Waals surface area contributed by atoms with Crippen LogP contribution in [0.3, 0.4) is 0 Å². The molecule has 1 unspecified atom stereocenters. The Labute approximate surface area is 63.3 Å². The van der Waals surface area contributed by atoms with E-state index in [1.54, 1.807) is 0 Å². The minimum Gasteiger partial charge on any atom is -0.120 e. The van der Waals surface area contributed by atoms with E-state index in [9.17, 15) is 0 Å². The van der Waals surface area contributed by atoms with Crippen LogP contribution in [0.15, 0.2) is 12.2 Å². The highest BCUT2D eigenvalue weighted by Gasteiger charge is 2.04. The van der Waals surface area contributed by atoms with Crippen LogP contribution in [0.1, 0.15) is 32.1 Å². The quantitative estimate of drug-likeness (QED) is 0.353. The summed E-state index contributed by atoms with van der Waals surface area (Å²) in [5, 5.41) is 0. The number of rotatable bonds is 0. The molecule has 0 radical (unpaired) electrons. The average molecular weight is 134 g/mol. The van der Waals surface area contributed by atoms with Gasteiger partial charge in [0.25, 0.3) is 0 Å². The minimum atomic E-state index is 0.546. The lowest BCUT2D eigenvalue weighted by Crippen LogP contribution is -1.97. The van der Waals surface area contributed by atoms with Crippen LogP contribution in [-0.2, 0) is 0 Å². The van der Waals surface area contributed by atoms with Gasteiger partial charge in [0.1, 0.15) is 0 Å². The van der Waals surface area contributed by atoms with Gasteiger partial charge in [-0.25, -0.2) is 0 Å². The zero-order chi connectivity index (χ0) is 7.23. The molecule has 1 aliphatic carbocycles. The Balaban J connectivity index is 2.36. The zero-order valence-corrected chi connectivity index (χ0v) is 6.34. The van der Waals surface area contributed by atoms with Gasteiger partial charge in [0, 0.05) is 5.92 Å². The van der Waals surface area contributed by atoms with Gasteiger partial charge in [-0.05, 0) is 32.1 Å². The molecule has 0 saturated heterocycles. The lowest BCUT2D eigenvalue weighted by molar-refractivity contribution is 0.536. The highest BCUT2D eigenvalue weighted by atomic mass is 14.1. The van der Waals surface area contributed by atoms with Crippen LogP contribution in [-0.4, -0.2) is 0 Å². The van der Waals surface area contributed by atoms with Crippen LogP contribution in [0, 0.1) is 18.3 Å². The summed E-state index contributed by atoms with van der Waals surface area (Å²) < 4.78 is 0. The summed E-state index contributed by atoms with van der Waals surface area (Å²) in [5.41, 5.74) is 0. The van der Waals surface area contributed by atoms with Crippen LogP contribution in [0.25, 0.3) is 0 Å². The van der Waals surface area contributed by atoms with Gasteiger partial charge in [-0.2, -0.15) is 0 Å². The fraction of sp³-hybridized carbons (Fsp3) is 0.600. The second-order valence-corrected chi connectivity index (χ2v) is 2.84. The maximum absolute atomic E-state index is 5.35. The molecule has 0 nitrogen and oxygen atoms in total. The molecule has 0 fully saturated rings. The largest absolute Gasteiger partial charge is 0.120 e. The molecule has 0 amide bonds. The van der Waals surface area contributed by atoms with Crippen molar-refractivity contribution < 1.29 is 0 Å². The molecule has 0 saturated carbocycles. The van der Waals surface area contributed by atoms with Gasteiger partial charge < -0.3 is 0 Å². The van der Waals surface area contributed by atoms with Crippen LogP contribution >= 0.6 is 0 Å². The van der Waals surface area contributed by atoms with Crippen LogP contribution in [0.4, 0.5) is 0 Å². The normalized spacial score (nSPS) is 29.7. The predicted octanol–water partition coefficient (Wildman–Crippen LogP) is 2.76. The fourth-order valence-corrected chi connectivity index (χ4v) is 1.33. The molecule has 54 valence electrons. The van der Waals surface area contributed by atoms with Crippen molar-refractivity contribution in [3.63, 3.8) is 0 Å². The van der Waals surface area contributed by atoms with Crippen molar-refractivity contribution in [2.45, 2.75) is 32.1 Å². The molecule has 0 spiro atoms. The van der Waals surface area contributed by atoms with E-state index in [2.05, 4.69) is 18.1 Å². The lowest BCUT2D eigenvalue weighted by atomic mass is 9.95. The number of allylic oxidation sites excluding steroid dienone is 2. The Morgan fingerprint density at radius 3 is 2.80 bits per heavy atom. The van der Waals surface area contributed by atoms with Gasteiger partial charge in [-0.1, -0.05) is 12.2 Å². The molecule has 0 N–H and O–H groups in total. The third-order valence-electron chi connectivity index (χ3n) is 2.01. The minimum absolute atomic E-state index is 0.546. The van der Waals surface area contributed by atoms with E-state index in [0.29, 0.717) is 5.92 Å². The maximum Gasteiger partial charge on any atom is 0.0203 e. The van der Waals surface area contributed by atoms with Gasteiger partial charge in [-0.15, -0.1) is 12.3 Å². The number of hydrogen-bond donors (Lipinski definition) is 0. The molecule has 1 aliphatic rings. The van der Waals surface area contributed by atoms with Crippen molar-refractivity contribution in [2.75, 3.05) is 0 Å². The van der Waals surface area contributed by atoms with E-state index in [-0.39, 0.29) is 0 Å². The first kappa shape index (κ1) is 7.41. The molecule has 0 aromatic heterocycles. The third kappa shape index (κ3) is 2.27. The van der Waals surface area contributed by atoms with Crippen molar-refractivity contribution >= 4 is 0 Å². The molecule has 0 heteroatoms. The molecule has 0 aromatic rings. The highest BCUT2D eigenvalue weighted by molar-refractivity contribution is 4.96. The Morgan fingerprint density at radius 1 is 1.20 bits per heavy atom. The summed E-state index contributed by atoms with van der Waals surface area (Å²) in [5.74, 6) is 3.38. The maximum atomic E-state index is 5.35. The van der Waals surface area contributed by atoms with Crippen LogP contribution < -0.4 is 0 Å². The second-order valence-electron chi connectivity index (χ2n) is 2.84. The molecule has 1 rings (SSSR count). The first-order valence-corrected chi connectivity index (χ1v) is 4.04. The van der Waals surface area contributed by atoms with E-state index >= 15 is 0 Å². The SMILES string of the molecule is C#CC1CC/C=C\CCC1. The van der Waals surface area contributed by atoms with Crippen molar-refractivity contribution in [1.29, 1.82) is 0 Å². The van der Waals surface area contributed by atoms with Gasteiger partial charge in [0.15, 0.2) is 0 Å². The third-order valence-corrected chi connectivity index (χ3v) is 2.01. The Bertz CT molecular complexity index is 148. The molecule has 1 atom stereocenters. The molecule has 0 aromatic carbocycles. The van der Waals surface area contributed by atoms with Crippen molar-refractivity contribution in [3.05, 3.63) is 12.2 Å². The lowest BCUT2D eigenvalue weighted by Gasteiger charge is -2.09. The van der Waals surface area contributed by atoms with Gasteiger partial charge in [-0.3, -0.25) is 0 Å². The monoisotopic (exact) mass is 134 g/mol. The van der Waals surface area contributed by atoms with E-state index in [1.807, 2.05) is 0 Å². The number of terminal acetylenes is 1. The van der Waals surface area contributed by atoms with E-state index in [4.69, 9.17) is 6.42 Å². The van der Waals surface area contributed by atoms with Crippen molar-refractivity contribution in [3.8, 4) is 12.3 Å². The average Bonchev–Trinajstić information content (AvgIpc) is 1.87. The summed E-state index contributed by atoms with van der Waals surface area (Å²) in [6.45, 7) is 0.